The SMILES string of the molecule is CCCCC1NC(C)N(CCCCC(C)C)C1=O. The lowest BCUT2D eigenvalue weighted by Crippen LogP contribution is -2.35. The summed E-state index contributed by atoms with van der Waals surface area (Å²) in [6.45, 7) is 9.71. The smallest absolute Gasteiger partial charge is 0.241 e. The molecule has 3 nitrogen and oxygen atoms in total. The minimum atomic E-state index is 0.0741. The van der Waals surface area contributed by atoms with Gasteiger partial charge < -0.3 is 4.90 Å². The van der Waals surface area contributed by atoms with Crippen LogP contribution in [0.15, 0.2) is 0 Å². The van der Waals surface area contributed by atoms with Gasteiger partial charge in [0.2, 0.25) is 5.91 Å². The standard InChI is InChI=1S/C15H30N2O/c1-5-6-10-14-15(18)17(13(4)16-14)11-8-7-9-12(2)3/h12-14,16H,5-11H2,1-4H3. The maximum absolute atomic E-state index is 12.2. The van der Waals surface area contributed by atoms with Crippen LogP contribution in [0.3, 0.4) is 0 Å². The molecule has 0 aliphatic carbocycles. The lowest BCUT2D eigenvalue weighted by Gasteiger charge is -2.20. The number of hydrogen-bond acceptors (Lipinski definition) is 2. The van der Waals surface area contributed by atoms with Crippen molar-refractivity contribution < 1.29 is 4.79 Å². The van der Waals surface area contributed by atoms with Gasteiger partial charge in [0.25, 0.3) is 0 Å². The first-order valence-electron chi connectivity index (χ1n) is 7.62. The minimum Gasteiger partial charge on any atom is -0.326 e. The van der Waals surface area contributed by atoms with Crippen LogP contribution >= 0.6 is 0 Å². The number of carbonyl (C=O) groups excluding carboxylic acids is 1. The van der Waals surface area contributed by atoms with Crippen molar-refractivity contribution in [1.29, 1.82) is 0 Å². The van der Waals surface area contributed by atoms with Gasteiger partial charge in [0.05, 0.1) is 12.2 Å². The topological polar surface area (TPSA) is 32.3 Å². The summed E-state index contributed by atoms with van der Waals surface area (Å²) in [7, 11) is 0. The molecule has 2 atom stereocenters. The molecule has 1 saturated heterocycles. The lowest BCUT2D eigenvalue weighted by molar-refractivity contribution is -0.130. The molecule has 0 aromatic heterocycles. The lowest BCUT2D eigenvalue weighted by atomic mass is 10.1. The zero-order valence-electron chi connectivity index (χ0n) is 12.5. The normalized spacial score (nSPS) is 24.3. The minimum absolute atomic E-state index is 0.0741. The molecule has 18 heavy (non-hydrogen) atoms. The molecule has 0 saturated carbocycles. The molecule has 106 valence electrons. The van der Waals surface area contributed by atoms with E-state index in [1.54, 1.807) is 0 Å². The van der Waals surface area contributed by atoms with Crippen molar-refractivity contribution >= 4 is 5.91 Å². The zero-order valence-corrected chi connectivity index (χ0v) is 12.5. The fourth-order valence-corrected chi connectivity index (χ4v) is 2.60. The van der Waals surface area contributed by atoms with Gasteiger partial charge in [0.1, 0.15) is 0 Å². The summed E-state index contributed by atoms with van der Waals surface area (Å²) in [5.41, 5.74) is 0. The second kappa shape index (κ2) is 7.78. The van der Waals surface area contributed by atoms with E-state index in [4.69, 9.17) is 0 Å². The van der Waals surface area contributed by atoms with Gasteiger partial charge in [-0.15, -0.1) is 0 Å². The summed E-state index contributed by atoms with van der Waals surface area (Å²) in [6.07, 6.45) is 7.14. The molecular formula is C15H30N2O. The largest absolute Gasteiger partial charge is 0.326 e. The third kappa shape index (κ3) is 4.60. The average molecular weight is 254 g/mol. The number of nitrogens with one attached hydrogen (secondary N) is 1. The molecule has 1 aliphatic heterocycles. The Morgan fingerprint density at radius 3 is 2.61 bits per heavy atom. The van der Waals surface area contributed by atoms with Gasteiger partial charge in [0, 0.05) is 6.54 Å². The van der Waals surface area contributed by atoms with E-state index in [0.29, 0.717) is 5.91 Å². The van der Waals surface area contributed by atoms with Crippen LogP contribution in [0, 0.1) is 5.92 Å². The van der Waals surface area contributed by atoms with E-state index in [-0.39, 0.29) is 12.2 Å². The Hall–Kier alpha value is -0.570. The van der Waals surface area contributed by atoms with Crippen LogP contribution < -0.4 is 5.32 Å². The molecule has 0 radical (unpaired) electrons. The van der Waals surface area contributed by atoms with Gasteiger partial charge in [0.15, 0.2) is 0 Å². The van der Waals surface area contributed by atoms with Gasteiger partial charge >= 0.3 is 0 Å². The first-order valence-corrected chi connectivity index (χ1v) is 7.62. The summed E-state index contributed by atoms with van der Waals surface area (Å²) in [4.78, 5) is 14.2. The molecule has 3 heteroatoms. The Bertz CT molecular complexity index is 253. The molecule has 0 bridgehead atoms. The molecule has 1 rings (SSSR count). The molecule has 1 fully saturated rings. The zero-order chi connectivity index (χ0) is 13.5. The fourth-order valence-electron chi connectivity index (χ4n) is 2.60. The van der Waals surface area contributed by atoms with Gasteiger partial charge in [-0.05, 0) is 25.7 Å². The second-order valence-electron chi connectivity index (χ2n) is 5.96. The van der Waals surface area contributed by atoms with Crippen molar-refractivity contribution in [1.82, 2.24) is 10.2 Å². The summed E-state index contributed by atoms with van der Waals surface area (Å²) in [5.74, 6) is 1.09. The van der Waals surface area contributed by atoms with Crippen LogP contribution in [0.5, 0.6) is 0 Å². The molecule has 0 aromatic carbocycles. The molecular weight excluding hydrogens is 224 g/mol. The highest BCUT2D eigenvalue weighted by Crippen LogP contribution is 2.16. The Morgan fingerprint density at radius 2 is 2.00 bits per heavy atom. The number of rotatable bonds is 8. The van der Waals surface area contributed by atoms with Crippen molar-refractivity contribution in [3.05, 3.63) is 0 Å². The highest BCUT2D eigenvalue weighted by atomic mass is 16.2. The summed E-state index contributed by atoms with van der Waals surface area (Å²) in [5, 5.41) is 3.41. The number of unbranched alkanes of at least 4 members (excludes halogenated alkanes) is 2. The maximum atomic E-state index is 12.2. The van der Waals surface area contributed by atoms with Gasteiger partial charge in [-0.2, -0.15) is 0 Å². The van der Waals surface area contributed by atoms with Crippen molar-refractivity contribution in [3.63, 3.8) is 0 Å². The van der Waals surface area contributed by atoms with Crippen molar-refractivity contribution in [2.75, 3.05) is 6.54 Å². The molecule has 0 aromatic rings. The molecule has 1 aliphatic rings. The van der Waals surface area contributed by atoms with Gasteiger partial charge in [-0.25, -0.2) is 0 Å². The van der Waals surface area contributed by atoms with Gasteiger partial charge in [-0.3, -0.25) is 10.1 Å². The first kappa shape index (κ1) is 15.5. The summed E-state index contributed by atoms with van der Waals surface area (Å²) >= 11 is 0. The van der Waals surface area contributed by atoms with Crippen molar-refractivity contribution in [3.8, 4) is 0 Å². The number of amides is 1. The average Bonchev–Trinajstić information content (AvgIpc) is 2.58. The van der Waals surface area contributed by atoms with Crippen molar-refractivity contribution in [2.45, 2.75) is 78.4 Å². The van der Waals surface area contributed by atoms with Crippen LogP contribution in [-0.2, 0) is 4.79 Å². The predicted octanol–water partition coefficient (Wildman–Crippen LogP) is 3.15. The monoisotopic (exact) mass is 254 g/mol. The third-order valence-corrected chi connectivity index (χ3v) is 3.77. The molecule has 1 amide bonds. The Balaban J connectivity index is 2.30. The second-order valence-corrected chi connectivity index (χ2v) is 5.96. The van der Waals surface area contributed by atoms with E-state index in [1.165, 1.54) is 12.8 Å². The number of hydrogen-bond donors (Lipinski definition) is 1. The van der Waals surface area contributed by atoms with Crippen LogP contribution in [-0.4, -0.2) is 29.6 Å². The first-order chi connectivity index (χ1) is 8.56. The summed E-state index contributed by atoms with van der Waals surface area (Å²) < 4.78 is 0. The van der Waals surface area contributed by atoms with E-state index in [2.05, 4.69) is 33.0 Å². The molecule has 0 spiro atoms. The van der Waals surface area contributed by atoms with E-state index >= 15 is 0 Å². The quantitative estimate of drug-likeness (QED) is 0.675. The van der Waals surface area contributed by atoms with Gasteiger partial charge in [-0.1, -0.05) is 46.5 Å². The maximum Gasteiger partial charge on any atom is 0.241 e. The van der Waals surface area contributed by atoms with Crippen LogP contribution in [0.25, 0.3) is 0 Å². The molecule has 1 N–H and O–H groups in total. The van der Waals surface area contributed by atoms with Crippen molar-refractivity contribution in [2.24, 2.45) is 5.92 Å². The fraction of sp³-hybridized carbons (Fsp3) is 0.933. The Kier molecular flexibility index (Phi) is 6.69. The Morgan fingerprint density at radius 1 is 1.28 bits per heavy atom. The van der Waals surface area contributed by atoms with E-state index in [9.17, 15) is 4.79 Å². The Labute approximate surface area is 112 Å². The number of nitrogens with zero attached hydrogens (tertiary/aromatic N) is 1. The van der Waals surface area contributed by atoms with E-state index < -0.39 is 0 Å². The third-order valence-electron chi connectivity index (χ3n) is 3.77. The number of carbonyl (C=O) groups is 1. The summed E-state index contributed by atoms with van der Waals surface area (Å²) in [6, 6.07) is 0.0741. The van der Waals surface area contributed by atoms with Crippen LogP contribution in [0.4, 0.5) is 0 Å². The molecule has 2 unspecified atom stereocenters. The highest BCUT2D eigenvalue weighted by molar-refractivity contribution is 5.84. The van der Waals surface area contributed by atoms with Crippen LogP contribution in [0.2, 0.25) is 0 Å². The van der Waals surface area contributed by atoms with Crippen LogP contribution in [0.1, 0.15) is 66.2 Å². The van der Waals surface area contributed by atoms with E-state index in [0.717, 1.165) is 38.1 Å². The highest BCUT2D eigenvalue weighted by Gasteiger charge is 2.35. The molecule has 1 heterocycles. The van der Waals surface area contributed by atoms with E-state index in [1.807, 2.05) is 4.90 Å². The predicted molar refractivity (Wildman–Crippen MR) is 76.3 cm³/mol.